The van der Waals surface area contributed by atoms with E-state index in [1.54, 1.807) is 0 Å². The Bertz CT molecular complexity index is 1570. The molecule has 5 aromatic rings. The topological polar surface area (TPSA) is 86.1 Å². The van der Waals surface area contributed by atoms with Gasteiger partial charge in [-0.25, -0.2) is 9.07 Å². The standard InChI is InChI=1S/C24H16F4N4O3/c25-18-3-6-19(7-4-18)31-21-8-2-17(11-16(21)13-29-31)23(33,24(26,27)28)14-30-10-9-15-1-5-20(32(34)35)12-22(15)30/h1-13,33H,14H2. The predicted octanol–water partition coefficient (Wildman–Crippen LogP) is 5.48. The summed E-state index contributed by atoms with van der Waals surface area (Å²) in [6, 6.07) is 14.6. The average Bonchev–Trinajstić information content (AvgIpc) is 3.42. The molecule has 35 heavy (non-hydrogen) atoms. The molecule has 0 aliphatic carbocycles. The number of nitro benzene ring substituents is 1. The minimum atomic E-state index is -5.06. The summed E-state index contributed by atoms with van der Waals surface area (Å²) in [7, 11) is 0. The summed E-state index contributed by atoms with van der Waals surface area (Å²) in [6.07, 6.45) is -2.37. The van der Waals surface area contributed by atoms with Gasteiger partial charge in [-0.3, -0.25) is 10.1 Å². The van der Waals surface area contributed by atoms with E-state index in [2.05, 4.69) is 5.10 Å². The number of nitrogens with zero attached hydrogens (tertiary/aromatic N) is 4. The highest BCUT2D eigenvalue weighted by atomic mass is 19.4. The molecule has 0 radical (unpaired) electrons. The van der Waals surface area contributed by atoms with Crippen LogP contribution in [0.1, 0.15) is 5.56 Å². The molecular weight excluding hydrogens is 468 g/mol. The Morgan fingerprint density at radius 3 is 2.37 bits per heavy atom. The van der Waals surface area contributed by atoms with Crippen molar-refractivity contribution < 1.29 is 27.6 Å². The van der Waals surface area contributed by atoms with Gasteiger partial charge in [0.1, 0.15) is 5.82 Å². The van der Waals surface area contributed by atoms with Crippen LogP contribution in [0.2, 0.25) is 0 Å². The molecule has 2 aromatic heterocycles. The first kappa shape index (κ1) is 22.5. The van der Waals surface area contributed by atoms with Crippen molar-refractivity contribution in [2.45, 2.75) is 18.3 Å². The van der Waals surface area contributed by atoms with E-state index in [9.17, 15) is 32.8 Å². The van der Waals surface area contributed by atoms with E-state index in [0.29, 0.717) is 22.0 Å². The van der Waals surface area contributed by atoms with Crippen molar-refractivity contribution in [3.8, 4) is 5.69 Å². The molecule has 5 rings (SSSR count). The van der Waals surface area contributed by atoms with Crippen LogP contribution in [0, 0.1) is 15.9 Å². The molecule has 0 amide bonds. The van der Waals surface area contributed by atoms with Gasteiger partial charge in [0.25, 0.3) is 5.69 Å². The molecule has 7 nitrogen and oxygen atoms in total. The summed E-state index contributed by atoms with van der Waals surface area (Å²) in [4.78, 5) is 10.5. The molecule has 0 spiro atoms. The number of alkyl halides is 3. The number of aliphatic hydroxyl groups is 1. The third-order valence-corrected chi connectivity index (χ3v) is 5.95. The molecule has 11 heteroatoms. The molecule has 1 atom stereocenters. The number of nitro groups is 1. The third kappa shape index (κ3) is 3.79. The van der Waals surface area contributed by atoms with E-state index < -0.39 is 34.6 Å². The van der Waals surface area contributed by atoms with Crippen LogP contribution >= 0.6 is 0 Å². The Morgan fingerprint density at radius 1 is 0.943 bits per heavy atom. The van der Waals surface area contributed by atoms with Gasteiger partial charge in [-0.2, -0.15) is 18.3 Å². The van der Waals surface area contributed by atoms with Crippen LogP contribution in [0.25, 0.3) is 27.5 Å². The first-order valence-electron chi connectivity index (χ1n) is 10.3. The summed E-state index contributed by atoms with van der Waals surface area (Å²) in [5.74, 6) is -0.439. The lowest BCUT2D eigenvalue weighted by Gasteiger charge is -2.31. The maximum atomic E-state index is 14.3. The molecule has 0 saturated carbocycles. The van der Waals surface area contributed by atoms with Crippen LogP contribution in [0.3, 0.4) is 0 Å². The van der Waals surface area contributed by atoms with Crippen molar-refractivity contribution in [2.75, 3.05) is 0 Å². The molecule has 3 aromatic carbocycles. The van der Waals surface area contributed by atoms with Crippen LogP contribution in [-0.4, -0.2) is 30.6 Å². The Balaban J connectivity index is 1.59. The average molecular weight is 484 g/mol. The van der Waals surface area contributed by atoms with Crippen LogP contribution in [-0.2, 0) is 12.1 Å². The number of aromatic nitrogens is 3. The van der Waals surface area contributed by atoms with Crippen molar-refractivity contribution in [3.63, 3.8) is 0 Å². The van der Waals surface area contributed by atoms with Gasteiger partial charge < -0.3 is 9.67 Å². The fraction of sp³-hybridized carbons (Fsp3) is 0.125. The van der Waals surface area contributed by atoms with Crippen LogP contribution in [0.4, 0.5) is 23.2 Å². The number of fused-ring (bicyclic) bond motifs is 2. The number of non-ortho nitro benzene ring substituents is 1. The van der Waals surface area contributed by atoms with Crippen LogP contribution in [0.15, 0.2) is 79.1 Å². The van der Waals surface area contributed by atoms with E-state index >= 15 is 0 Å². The Morgan fingerprint density at radius 2 is 1.69 bits per heavy atom. The zero-order valence-corrected chi connectivity index (χ0v) is 17.8. The van der Waals surface area contributed by atoms with Gasteiger partial charge in [-0.15, -0.1) is 0 Å². The molecule has 0 fully saturated rings. The first-order valence-corrected chi connectivity index (χ1v) is 10.3. The fourth-order valence-electron chi connectivity index (χ4n) is 4.09. The van der Waals surface area contributed by atoms with Crippen molar-refractivity contribution in [1.82, 2.24) is 14.3 Å². The van der Waals surface area contributed by atoms with Gasteiger partial charge >= 0.3 is 6.18 Å². The second-order valence-electron chi connectivity index (χ2n) is 8.11. The normalized spacial score (nSPS) is 13.9. The lowest BCUT2D eigenvalue weighted by Crippen LogP contribution is -2.45. The molecule has 1 N–H and O–H groups in total. The molecule has 2 heterocycles. The number of benzene rings is 3. The van der Waals surface area contributed by atoms with Crippen molar-refractivity contribution in [2.24, 2.45) is 0 Å². The highest BCUT2D eigenvalue weighted by molar-refractivity contribution is 5.83. The van der Waals surface area contributed by atoms with Crippen molar-refractivity contribution in [1.29, 1.82) is 0 Å². The van der Waals surface area contributed by atoms with Gasteiger partial charge in [0.15, 0.2) is 0 Å². The summed E-state index contributed by atoms with van der Waals surface area (Å²) in [5.41, 5.74) is -2.82. The second kappa shape index (κ2) is 7.91. The third-order valence-electron chi connectivity index (χ3n) is 5.95. The minimum Gasteiger partial charge on any atom is -0.375 e. The predicted molar refractivity (Wildman–Crippen MR) is 120 cm³/mol. The highest BCUT2D eigenvalue weighted by Gasteiger charge is 2.55. The first-order chi connectivity index (χ1) is 16.6. The lowest BCUT2D eigenvalue weighted by molar-refractivity contribution is -0.384. The maximum Gasteiger partial charge on any atom is 0.423 e. The second-order valence-corrected chi connectivity index (χ2v) is 8.11. The largest absolute Gasteiger partial charge is 0.423 e. The highest BCUT2D eigenvalue weighted by Crippen LogP contribution is 2.42. The molecule has 1 unspecified atom stereocenters. The lowest BCUT2D eigenvalue weighted by atomic mass is 9.91. The summed E-state index contributed by atoms with van der Waals surface area (Å²) in [5, 5.41) is 27.1. The van der Waals surface area contributed by atoms with E-state index in [4.69, 9.17) is 0 Å². The van der Waals surface area contributed by atoms with E-state index in [-0.39, 0.29) is 11.2 Å². The number of rotatable bonds is 5. The Kier molecular flexibility index (Phi) is 5.09. The molecule has 0 aliphatic heterocycles. The fourth-order valence-corrected chi connectivity index (χ4v) is 4.09. The molecule has 178 valence electrons. The van der Waals surface area contributed by atoms with Crippen LogP contribution < -0.4 is 0 Å². The monoisotopic (exact) mass is 484 g/mol. The molecule has 0 saturated heterocycles. The van der Waals surface area contributed by atoms with E-state index in [1.807, 2.05) is 0 Å². The summed E-state index contributed by atoms with van der Waals surface area (Å²) >= 11 is 0. The van der Waals surface area contributed by atoms with Gasteiger partial charge in [0.2, 0.25) is 5.60 Å². The van der Waals surface area contributed by atoms with Gasteiger partial charge in [-0.05, 0) is 54.1 Å². The molecule has 0 bridgehead atoms. The number of halogens is 4. The minimum absolute atomic E-state index is 0.187. The number of hydrogen-bond acceptors (Lipinski definition) is 4. The number of hydrogen-bond donors (Lipinski definition) is 1. The molecular formula is C24H16F4N4O3. The maximum absolute atomic E-state index is 14.3. The SMILES string of the molecule is O=[N+]([O-])c1ccc2ccn(CC(O)(c3ccc4c(cnn4-c4ccc(F)cc4)c3)C(F)(F)F)c2c1. The Labute approximate surface area is 194 Å². The van der Waals surface area contributed by atoms with Crippen LogP contribution in [0.5, 0.6) is 0 Å². The van der Waals surface area contributed by atoms with E-state index in [0.717, 1.165) is 10.6 Å². The molecule has 0 aliphatic rings. The van der Waals surface area contributed by atoms with Crippen molar-refractivity contribution in [3.05, 3.63) is 101 Å². The Hall–Kier alpha value is -4.25. The zero-order chi connectivity index (χ0) is 25.0. The van der Waals surface area contributed by atoms with Crippen molar-refractivity contribution >= 4 is 27.5 Å². The quantitative estimate of drug-likeness (QED) is 0.203. The smallest absolute Gasteiger partial charge is 0.375 e. The summed E-state index contributed by atoms with van der Waals surface area (Å²) < 4.78 is 58.7. The van der Waals surface area contributed by atoms with Gasteiger partial charge in [0.05, 0.1) is 34.4 Å². The summed E-state index contributed by atoms with van der Waals surface area (Å²) in [6.45, 7) is -0.918. The zero-order valence-electron chi connectivity index (χ0n) is 17.8. The van der Waals surface area contributed by atoms with E-state index in [1.165, 1.54) is 77.7 Å². The van der Waals surface area contributed by atoms with Gasteiger partial charge in [-0.1, -0.05) is 6.07 Å². The van der Waals surface area contributed by atoms with Gasteiger partial charge in [0, 0.05) is 29.1 Å².